The van der Waals surface area contributed by atoms with Crippen LogP contribution in [0.5, 0.6) is 0 Å². The minimum Gasteiger partial charge on any atom is -0.346 e. The first-order valence-corrected chi connectivity index (χ1v) is 9.49. The summed E-state index contributed by atoms with van der Waals surface area (Å²) in [6.45, 7) is 4.28. The van der Waals surface area contributed by atoms with Crippen molar-refractivity contribution in [3.63, 3.8) is 0 Å². The van der Waals surface area contributed by atoms with E-state index >= 15 is 0 Å². The standard InChI is InChI=1S/C19H22N4O2S/c1-15(24)21-17(14-16-6-3-2-4-7-16)18(25)22-9-5-10-23(12-11-22)19-20-8-13-26-19/h2-4,6-8,13-14H,5,9-12H2,1H3,(H,21,24)/b17-14-. The van der Waals surface area contributed by atoms with Crippen LogP contribution in [0.1, 0.15) is 18.9 Å². The SMILES string of the molecule is CC(=O)N/C(=C\c1ccccc1)C(=O)N1CCCN(c2nccs2)CC1. The second-order valence-electron chi connectivity index (χ2n) is 6.10. The molecule has 26 heavy (non-hydrogen) atoms. The summed E-state index contributed by atoms with van der Waals surface area (Å²) < 4.78 is 0. The van der Waals surface area contributed by atoms with E-state index in [9.17, 15) is 9.59 Å². The Morgan fingerprint density at radius 2 is 1.96 bits per heavy atom. The van der Waals surface area contributed by atoms with Crippen molar-refractivity contribution in [3.8, 4) is 0 Å². The van der Waals surface area contributed by atoms with E-state index in [-0.39, 0.29) is 11.8 Å². The Morgan fingerprint density at radius 1 is 1.15 bits per heavy atom. The van der Waals surface area contributed by atoms with Gasteiger partial charge < -0.3 is 15.1 Å². The molecule has 0 atom stereocenters. The van der Waals surface area contributed by atoms with Gasteiger partial charge in [-0.05, 0) is 18.1 Å². The monoisotopic (exact) mass is 370 g/mol. The highest BCUT2D eigenvalue weighted by Gasteiger charge is 2.23. The summed E-state index contributed by atoms with van der Waals surface area (Å²) >= 11 is 1.61. The number of nitrogens with zero attached hydrogens (tertiary/aromatic N) is 3. The number of thiazole rings is 1. The molecule has 3 rings (SSSR count). The number of hydrogen-bond acceptors (Lipinski definition) is 5. The lowest BCUT2D eigenvalue weighted by Crippen LogP contribution is -2.40. The quantitative estimate of drug-likeness (QED) is 0.839. The average Bonchev–Trinajstić information content (AvgIpc) is 3.06. The molecule has 2 heterocycles. The number of rotatable bonds is 4. The van der Waals surface area contributed by atoms with E-state index in [0.29, 0.717) is 18.8 Å². The molecule has 0 unspecified atom stereocenters. The van der Waals surface area contributed by atoms with Crippen LogP contribution in [0.2, 0.25) is 0 Å². The second-order valence-corrected chi connectivity index (χ2v) is 6.97. The molecule has 2 amide bonds. The van der Waals surface area contributed by atoms with Crippen LogP contribution < -0.4 is 10.2 Å². The van der Waals surface area contributed by atoms with E-state index in [0.717, 1.165) is 30.2 Å². The Bertz CT molecular complexity index is 774. The molecule has 1 aliphatic rings. The molecular formula is C19H22N4O2S. The highest BCUT2D eigenvalue weighted by atomic mass is 32.1. The highest BCUT2D eigenvalue weighted by molar-refractivity contribution is 7.13. The molecule has 1 aromatic heterocycles. The van der Waals surface area contributed by atoms with Crippen molar-refractivity contribution in [2.24, 2.45) is 0 Å². The maximum Gasteiger partial charge on any atom is 0.270 e. The molecule has 0 spiro atoms. The number of aromatic nitrogens is 1. The molecule has 1 saturated heterocycles. The smallest absolute Gasteiger partial charge is 0.270 e. The van der Waals surface area contributed by atoms with E-state index in [4.69, 9.17) is 0 Å². The molecule has 0 saturated carbocycles. The van der Waals surface area contributed by atoms with Crippen LogP contribution in [0, 0.1) is 0 Å². The van der Waals surface area contributed by atoms with Gasteiger partial charge in [0, 0.05) is 44.7 Å². The molecular weight excluding hydrogens is 348 g/mol. The lowest BCUT2D eigenvalue weighted by Gasteiger charge is -2.23. The van der Waals surface area contributed by atoms with E-state index in [2.05, 4.69) is 15.2 Å². The Balaban J connectivity index is 1.74. The van der Waals surface area contributed by atoms with Crippen LogP contribution in [0.4, 0.5) is 5.13 Å². The van der Waals surface area contributed by atoms with E-state index in [1.54, 1.807) is 28.5 Å². The van der Waals surface area contributed by atoms with Crippen molar-refractivity contribution in [2.75, 3.05) is 31.1 Å². The van der Waals surface area contributed by atoms with Crippen LogP contribution >= 0.6 is 11.3 Å². The predicted octanol–water partition coefficient (Wildman–Crippen LogP) is 2.36. The summed E-state index contributed by atoms with van der Waals surface area (Å²) in [5.74, 6) is -0.398. The molecule has 1 N–H and O–H groups in total. The van der Waals surface area contributed by atoms with Crippen LogP contribution in [-0.2, 0) is 9.59 Å². The topological polar surface area (TPSA) is 65.5 Å². The number of carbonyl (C=O) groups is 2. The fraction of sp³-hybridized carbons (Fsp3) is 0.316. The third-order valence-electron chi connectivity index (χ3n) is 4.12. The third kappa shape index (κ3) is 4.70. The van der Waals surface area contributed by atoms with Gasteiger partial charge in [-0.15, -0.1) is 11.3 Å². The molecule has 6 nitrogen and oxygen atoms in total. The lowest BCUT2D eigenvalue weighted by atomic mass is 10.2. The van der Waals surface area contributed by atoms with Gasteiger partial charge in [-0.2, -0.15) is 0 Å². The number of amides is 2. The highest BCUT2D eigenvalue weighted by Crippen LogP contribution is 2.19. The fourth-order valence-corrected chi connectivity index (χ4v) is 3.61. The maximum atomic E-state index is 13.0. The first-order valence-electron chi connectivity index (χ1n) is 8.61. The van der Waals surface area contributed by atoms with Gasteiger partial charge >= 0.3 is 0 Å². The summed E-state index contributed by atoms with van der Waals surface area (Å²) in [6, 6.07) is 9.53. The molecule has 2 aromatic rings. The van der Waals surface area contributed by atoms with Gasteiger partial charge in [-0.3, -0.25) is 9.59 Å². The van der Waals surface area contributed by atoms with Crippen molar-refractivity contribution in [1.82, 2.24) is 15.2 Å². The molecule has 1 aromatic carbocycles. The third-order valence-corrected chi connectivity index (χ3v) is 4.96. The van der Waals surface area contributed by atoms with Crippen molar-refractivity contribution in [1.29, 1.82) is 0 Å². The first kappa shape index (κ1) is 18.1. The first-order chi connectivity index (χ1) is 12.6. The van der Waals surface area contributed by atoms with Gasteiger partial charge in [-0.25, -0.2) is 4.98 Å². The average molecular weight is 370 g/mol. The Morgan fingerprint density at radius 3 is 2.65 bits per heavy atom. The molecule has 7 heteroatoms. The molecule has 0 bridgehead atoms. The van der Waals surface area contributed by atoms with E-state index in [1.807, 2.05) is 35.7 Å². The predicted molar refractivity (Wildman–Crippen MR) is 104 cm³/mol. The van der Waals surface area contributed by atoms with Crippen molar-refractivity contribution >= 4 is 34.4 Å². The van der Waals surface area contributed by atoms with Gasteiger partial charge in [0.25, 0.3) is 5.91 Å². The van der Waals surface area contributed by atoms with Gasteiger partial charge in [0.05, 0.1) is 0 Å². The zero-order valence-electron chi connectivity index (χ0n) is 14.7. The maximum absolute atomic E-state index is 13.0. The zero-order chi connectivity index (χ0) is 18.4. The van der Waals surface area contributed by atoms with Crippen LogP contribution in [0.25, 0.3) is 6.08 Å². The number of hydrogen-bond donors (Lipinski definition) is 1. The molecule has 0 aliphatic carbocycles. The van der Waals surface area contributed by atoms with Gasteiger partial charge in [0.15, 0.2) is 5.13 Å². The Kier molecular flexibility index (Phi) is 6.01. The van der Waals surface area contributed by atoms with Gasteiger partial charge in [0.2, 0.25) is 5.91 Å². The number of carbonyl (C=O) groups excluding carboxylic acids is 2. The summed E-state index contributed by atoms with van der Waals surface area (Å²) in [5, 5.41) is 5.64. The lowest BCUT2D eigenvalue weighted by molar-refractivity contribution is -0.129. The van der Waals surface area contributed by atoms with Crippen molar-refractivity contribution in [3.05, 3.63) is 53.2 Å². The Labute approximate surface area is 157 Å². The molecule has 1 aliphatic heterocycles. The molecule has 1 fully saturated rings. The summed E-state index contributed by atoms with van der Waals surface area (Å²) in [6.07, 6.45) is 4.39. The summed E-state index contributed by atoms with van der Waals surface area (Å²) in [4.78, 5) is 32.9. The Hall–Kier alpha value is -2.67. The van der Waals surface area contributed by atoms with Crippen molar-refractivity contribution < 1.29 is 9.59 Å². The van der Waals surface area contributed by atoms with Crippen LogP contribution in [0.3, 0.4) is 0 Å². The minimum absolute atomic E-state index is 0.148. The van der Waals surface area contributed by atoms with E-state index < -0.39 is 0 Å². The molecule has 136 valence electrons. The van der Waals surface area contributed by atoms with Crippen molar-refractivity contribution in [2.45, 2.75) is 13.3 Å². The molecule has 0 radical (unpaired) electrons. The summed E-state index contributed by atoms with van der Waals surface area (Å²) in [5.41, 5.74) is 1.19. The van der Waals surface area contributed by atoms with Crippen LogP contribution in [0.15, 0.2) is 47.6 Å². The van der Waals surface area contributed by atoms with Gasteiger partial charge in [-0.1, -0.05) is 30.3 Å². The largest absolute Gasteiger partial charge is 0.346 e. The van der Waals surface area contributed by atoms with E-state index in [1.165, 1.54) is 6.92 Å². The fourth-order valence-electron chi connectivity index (χ4n) is 2.91. The minimum atomic E-state index is -0.250. The number of benzene rings is 1. The van der Waals surface area contributed by atoms with Crippen LogP contribution in [-0.4, -0.2) is 47.9 Å². The second kappa shape index (κ2) is 8.62. The summed E-state index contributed by atoms with van der Waals surface area (Å²) in [7, 11) is 0. The normalized spacial score (nSPS) is 15.5. The number of nitrogens with one attached hydrogen (secondary N) is 1. The zero-order valence-corrected chi connectivity index (χ0v) is 15.5. The van der Waals surface area contributed by atoms with Gasteiger partial charge in [0.1, 0.15) is 5.70 Å². The number of anilines is 1.